The van der Waals surface area contributed by atoms with Gasteiger partial charge < -0.3 is 15.4 Å². The fourth-order valence-electron chi connectivity index (χ4n) is 6.71. The lowest BCUT2D eigenvalue weighted by atomic mass is 9.75. The highest BCUT2D eigenvalue weighted by atomic mass is 16.8. The topological polar surface area (TPSA) is 162 Å². The molecule has 0 fully saturated rings. The van der Waals surface area contributed by atoms with E-state index in [2.05, 4.69) is 47.0 Å². The lowest BCUT2D eigenvalue weighted by Gasteiger charge is -2.38. The lowest BCUT2D eigenvalue weighted by molar-refractivity contribution is -0.420. The SMILES string of the molecule is CCC(C)C1(NCCC(=O)Nc2ccc3ncn(-c4c(C(C)(C)C)ccc(-c5ccccc5)c4C(=O)OC)c3c2)C=CC([N+](=O)[O-])=C2NON=C21. The Bertz CT molecular complexity index is 2110. The van der Waals surface area contributed by atoms with E-state index in [0.717, 1.165) is 23.1 Å². The minimum atomic E-state index is -0.880. The van der Waals surface area contributed by atoms with Gasteiger partial charge in [-0.2, -0.15) is 5.48 Å². The zero-order chi connectivity index (χ0) is 36.5. The van der Waals surface area contributed by atoms with Gasteiger partial charge in [-0.3, -0.25) is 24.4 Å². The second-order valence-corrected chi connectivity index (χ2v) is 13.7. The van der Waals surface area contributed by atoms with Crippen LogP contribution in [0.15, 0.2) is 95.7 Å². The number of hydroxylamine groups is 1. The number of aromatic nitrogens is 2. The molecule has 1 amide bonds. The van der Waals surface area contributed by atoms with E-state index in [9.17, 15) is 19.7 Å². The Morgan fingerprint density at radius 1 is 1.14 bits per heavy atom. The van der Waals surface area contributed by atoms with Crippen LogP contribution in [0.5, 0.6) is 0 Å². The molecule has 3 aromatic carbocycles. The van der Waals surface area contributed by atoms with E-state index in [4.69, 9.17) is 9.68 Å². The summed E-state index contributed by atoms with van der Waals surface area (Å²) in [5.41, 5.74) is 7.29. The number of fused-ring (bicyclic) bond motifs is 2. The Hall–Kier alpha value is -5.82. The number of nitrogens with zero attached hydrogens (tertiary/aromatic N) is 4. The Labute approximate surface area is 295 Å². The van der Waals surface area contributed by atoms with Gasteiger partial charge in [0.25, 0.3) is 5.70 Å². The van der Waals surface area contributed by atoms with E-state index in [0.29, 0.717) is 33.7 Å². The second kappa shape index (κ2) is 13.8. The quantitative estimate of drug-likeness (QED) is 0.0914. The number of amides is 1. The number of esters is 1. The molecule has 1 aromatic heterocycles. The van der Waals surface area contributed by atoms with Crippen LogP contribution in [0.4, 0.5) is 5.69 Å². The largest absolute Gasteiger partial charge is 0.465 e. The van der Waals surface area contributed by atoms with Crippen molar-refractivity contribution in [2.24, 2.45) is 11.1 Å². The molecule has 13 heteroatoms. The predicted molar refractivity (Wildman–Crippen MR) is 195 cm³/mol. The van der Waals surface area contributed by atoms with E-state index >= 15 is 0 Å². The van der Waals surface area contributed by atoms with Crippen molar-refractivity contribution in [2.45, 2.75) is 58.4 Å². The summed E-state index contributed by atoms with van der Waals surface area (Å²) in [5, 5.41) is 22.2. The van der Waals surface area contributed by atoms with E-state index < -0.39 is 16.4 Å². The molecule has 6 rings (SSSR count). The fourth-order valence-corrected chi connectivity index (χ4v) is 6.71. The maximum absolute atomic E-state index is 13.6. The predicted octanol–water partition coefficient (Wildman–Crippen LogP) is 6.43. The van der Waals surface area contributed by atoms with Crippen LogP contribution >= 0.6 is 0 Å². The molecule has 2 atom stereocenters. The Morgan fingerprint density at radius 2 is 1.90 bits per heavy atom. The zero-order valence-corrected chi connectivity index (χ0v) is 29.4. The number of carbonyl (C=O) groups is 2. The number of nitro groups is 1. The molecule has 0 saturated carbocycles. The molecular formula is C38H41N7O6. The third kappa shape index (κ3) is 6.47. The summed E-state index contributed by atoms with van der Waals surface area (Å²) in [4.78, 5) is 47.8. The number of nitrogens with one attached hydrogen (secondary N) is 3. The standard InChI is InChI=1S/C38H41N7O6/c1-7-23(2)38(19-17-29(45(48)49)33-35(38)43-51-42-33)40-20-18-31(46)41-25-13-16-28-30(21-25)44(22-39-28)34-27(37(3,4)5)15-14-26(32(34)36(47)50-6)24-11-9-8-10-12-24/h8-17,19,21-23,40,42H,7,18,20H2,1-6H3,(H,41,46). The average molecular weight is 692 g/mol. The molecule has 0 radical (unpaired) electrons. The Kier molecular flexibility index (Phi) is 9.50. The lowest BCUT2D eigenvalue weighted by Crippen LogP contribution is -2.57. The van der Waals surface area contributed by atoms with Gasteiger partial charge in [-0.15, -0.1) is 0 Å². The van der Waals surface area contributed by atoms with Gasteiger partial charge in [0.2, 0.25) is 5.91 Å². The molecule has 4 aromatic rings. The molecule has 3 N–H and O–H groups in total. The van der Waals surface area contributed by atoms with Crippen LogP contribution < -0.4 is 16.1 Å². The van der Waals surface area contributed by atoms with Gasteiger partial charge in [-0.1, -0.05) is 94.7 Å². The average Bonchev–Trinajstić information content (AvgIpc) is 3.78. The van der Waals surface area contributed by atoms with Crippen molar-refractivity contribution in [1.29, 1.82) is 0 Å². The number of rotatable bonds is 11. The molecule has 51 heavy (non-hydrogen) atoms. The summed E-state index contributed by atoms with van der Waals surface area (Å²) in [6, 6.07) is 19.1. The molecule has 264 valence electrons. The zero-order valence-electron chi connectivity index (χ0n) is 29.4. The number of hydrogen-bond donors (Lipinski definition) is 3. The van der Waals surface area contributed by atoms with Crippen molar-refractivity contribution in [3.8, 4) is 16.8 Å². The van der Waals surface area contributed by atoms with E-state index in [1.54, 1.807) is 18.5 Å². The molecule has 13 nitrogen and oxygen atoms in total. The van der Waals surface area contributed by atoms with E-state index in [1.807, 2.05) is 73.0 Å². The number of imidazole rings is 1. The second-order valence-electron chi connectivity index (χ2n) is 13.7. The van der Waals surface area contributed by atoms with Crippen molar-refractivity contribution in [1.82, 2.24) is 20.3 Å². The van der Waals surface area contributed by atoms with Gasteiger partial charge in [0, 0.05) is 24.7 Å². The van der Waals surface area contributed by atoms with Crippen LogP contribution in [0.3, 0.4) is 0 Å². The number of ether oxygens (including phenoxy) is 1. The number of allylic oxidation sites excluding steroid dienone is 1. The van der Waals surface area contributed by atoms with E-state index in [-0.39, 0.29) is 41.6 Å². The number of carbonyl (C=O) groups excluding carboxylic acids is 2. The molecule has 2 heterocycles. The van der Waals surface area contributed by atoms with Crippen molar-refractivity contribution in [3.63, 3.8) is 0 Å². The van der Waals surface area contributed by atoms with Gasteiger partial charge >= 0.3 is 5.97 Å². The first-order valence-corrected chi connectivity index (χ1v) is 16.8. The molecular weight excluding hydrogens is 650 g/mol. The number of methoxy groups -OCH3 is 1. The first-order chi connectivity index (χ1) is 24.4. The minimum Gasteiger partial charge on any atom is -0.465 e. The summed E-state index contributed by atoms with van der Waals surface area (Å²) in [6.07, 6.45) is 5.70. The first-order valence-electron chi connectivity index (χ1n) is 16.8. The summed E-state index contributed by atoms with van der Waals surface area (Å²) in [6.45, 7) is 10.5. The molecule has 0 bridgehead atoms. The Morgan fingerprint density at radius 3 is 2.59 bits per heavy atom. The molecule has 0 spiro atoms. The highest BCUT2D eigenvalue weighted by molar-refractivity contribution is 6.10. The van der Waals surface area contributed by atoms with Crippen molar-refractivity contribution < 1.29 is 24.2 Å². The molecule has 1 aliphatic carbocycles. The third-order valence-electron chi connectivity index (χ3n) is 9.56. The summed E-state index contributed by atoms with van der Waals surface area (Å²) < 4.78 is 7.24. The van der Waals surface area contributed by atoms with Gasteiger partial charge in [-0.05, 0) is 46.2 Å². The first kappa shape index (κ1) is 35.0. The third-order valence-corrected chi connectivity index (χ3v) is 9.56. The highest BCUT2D eigenvalue weighted by Crippen LogP contribution is 2.39. The molecule has 1 aliphatic heterocycles. The van der Waals surface area contributed by atoms with Crippen LogP contribution in [0, 0.1) is 16.0 Å². The van der Waals surface area contributed by atoms with Crippen LogP contribution in [0.2, 0.25) is 0 Å². The molecule has 2 unspecified atom stereocenters. The van der Waals surface area contributed by atoms with Crippen molar-refractivity contribution in [2.75, 3.05) is 19.0 Å². The number of hydrogen-bond acceptors (Lipinski definition) is 10. The maximum Gasteiger partial charge on any atom is 0.340 e. The summed E-state index contributed by atoms with van der Waals surface area (Å²) >= 11 is 0. The van der Waals surface area contributed by atoms with Crippen molar-refractivity contribution in [3.05, 3.63) is 112 Å². The maximum atomic E-state index is 13.6. The van der Waals surface area contributed by atoms with Gasteiger partial charge in [0.05, 0.1) is 39.9 Å². The number of anilines is 1. The molecule has 0 saturated heterocycles. The van der Waals surface area contributed by atoms with Crippen LogP contribution in [0.25, 0.3) is 27.8 Å². The van der Waals surface area contributed by atoms with Crippen molar-refractivity contribution >= 4 is 34.3 Å². The number of oxime groups is 1. The highest BCUT2D eigenvalue weighted by Gasteiger charge is 2.48. The Balaban J connectivity index is 1.30. The summed E-state index contributed by atoms with van der Waals surface area (Å²) in [7, 11) is 1.37. The van der Waals surface area contributed by atoms with Gasteiger partial charge in [0.1, 0.15) is 12.0 Å². The summed E-state index contributed by atoms with van der Waals surface area (Å²) in [5.74, 6) is -0.744. The van der Waals surface area contributed by atoms with Crippen LogP contribution in [-0.4, -0.2) is 51.3 Å². The normalized spacial score (nSPS) is 17.3. The van der Waals surface area contributed by atoms with Crippen LogP contribution in [0.1, 0.15) is 63.4 Å². The van der Waals surface area contributed by atoms with Gasteiger partial charge in [-0.25, -0.2) is 9.78 Å². The monoisotopic (exact) mass is 691 g/mol. The van der Waals surface area contributed by atoms with Crippen LogP contribution in [-0.2, 0) is 19.9 Å². The fraction of sp³-hybridized carbons (Fsp3) is 0.316. The minimum absolute atomic E-state index is 0.0293. The van der Waals surface area contributed by atoms with Gasteiger partial charge in [0.15, 0.2) is 5.70 Å². The van der Waals surface area contributed by atoms with E-state index in [1.165, 1.54) is 13.2 Å². The number of benzene rings is 3. The smallest absolute Gasteiger partial charge is 0.340 e. The molecule has 2 aliphatic rings.